The molecule has 3 aromatic rings. The number of halogens is 1. The molecule has 0 unspecified atom stereocenters. The summed E-state index contributed by atoms with van der Waals surface area (Å²) in [4.78, 5) is 29.8. The van der Waals surface area contributed by atoms with Crippen LogP contribution in [-0.2, 0) is 0 Å². The summed E-state index contributed by atoms with van der Waals surface area (Å²) in [5, 5.41) is 2.69. The van der Waals surface area contributed by atoms with E-state index in [1.165, 1.54) is 28.8 Å². The highest BCUT2D eigenvalue weighted by molar-refractivity contribution is 6.04. The fourth-order valence-electron chi connectivity index (χ4n) is 2.79. The number of carbonyl (C=O) groups excluding carboxylic acids is 1. The van der Waals surface area contributed by atoms with Gasteiger partial charge in [0.25, 0.3) is 11.5 Å². The van der Waals surface area contributed by atoms with Gasteiger partial charge in [-0.3, -0.25) is 14.2 Å². The Hall–Kier alpha value is -3.28. The Kier molecular flexibility index (Phi) is 4.67. The second kappa shape index (κ2) is 6.92. The molecule has 1 amide bonds. The molecule has 0 aliphatic carbocycles. The lowest BCUT2D eigenvalue weighted by Gasteiger charge is -2.11. The number of benzene rings is 1. The zero-order chi connectivity index (χ0) is 18.8. The maximum absolute atomic E-state index is 13.1. The predicted octanol–water partition coefficient (Wildman–Crippen LogP) is 3.55. The number of nitrogens with one attached hydrogen (secondary N) is 1. The zero-order valence-electron chi connectivity index (χ0n) is 14.7. The Morgan fingerprint density at radius 3 is 2.42 bits per heavy atom. The molecule has 2 heterocycles. The van der Waals surface area contributed by atoms with Crippen molar-refractivity contribution in [1.29, 1.82) is 0 Å². The Balaban J connectivity index is 2.01. The van der Waals surface area contributed by atoms with Crippen molar-refractivity contribution < 1.29 is 9.18 Å². The first-order valence-corrected chi connectivity index (χ1v) is 8.10. The minimum atomic E-state index is -0.526. The number of carbonyl (C=O) groups is 1. The van der Waals surface area contributed by atoms with E-state index in [1.807, 2.05) is 19.9 Å². The van der Waals surface area contributed by atoms with Gasteiger partial charge in [0.2, 0.25) is 0 Å². The number of pyridine rings is 2. The molecule has 26 heavy (non-hydrogen) atoms. The molecule has 0 aliphatic heterocycles. The van der Waals surface area contributed by atoms with Crippen LogP contribution in [0.15, 0.2) is 53.5 Å². The Labute approximate surface area is 150 Å². The number of anilines is 1. The molecule has 6 heteroatoms. The quantitative estimate of drug-likeness (QED) is 0.785. The molecule has 0 radical (unpaired) electrons. The molecule has 2 aromatic heterocycles. The van der Waals surface area contributed by atoms with Crippen LogP contribution in [0.1, 0.15) is 27.2 Å². The first-order chi connectivity index (χ1) is 12.3. The van der Waals surface area contributed by atoms with Gasteiger partial charge in [-0.25, -0.2) is 9.37 Å². The molecule has 0 aliphatic rings. The number of rotatable bonds is 3. The summed E-state index contributed by atoms with van der Waals surface area (Å²) in [7, 11) is 0. The van der Waals surface area contributed by atoms with Crippen molar-refractivity contribution in [2.24, 2.45) is 0 Å². The lowest BCUT2D eigenvalue weighted by Crippen LogP contribution is -2.29. The average molecular weight is 351 g/mol. The van der Waals surface area contributed by atoms with Gasteiger partial charge >= 0.3 is 0 Å². The molecule has 1 aromatic carbocycles. The summed E-state index contributed by atoms with van der Waals surface area (Å²) in [5.74, 6) is -0.530. The number of aryl methyl sites for hydroxylation is 3. The largest absolute Gasteiger partial charge is 0.306 e. The Morgan fingerprint density at radius 2 is 1.77 bits per heavy atom. The van der Waals surface area contributed by atoms with Gasteiger partial charge in [0, 0.05) is 17.6 Å². The van der Waals surface area contributed by atoms with Crippen LogP contribution >= 0.6 is 0 Å². The van der Waals surface area contributed by atoms with Gasteiger partial charge < -0.3 is 5.32 Å². The summed E-state index contributed by atoms with van der Waals surface area (Å²) < 4.78 is 14.4. The molecule has 0 saturated heterocycles. The van der Waals surface area contributed by atoms with Crippen molar-refractivity contribution in [3.63, 3.8) is 0 Å². The SMILES string of the molecule is Cc1cc(C)nc(NC(=O)c2c(C)ccn(-c3ccc(F)cc3)c2=O)c1. The Bertz CT molecular complexity index is 1020. The van der Waals surface area contributed by atoms with Gasteiger partial charge in [-0.15, -0.1) is 0 Å². The van der Waals surface area contributed by atoms with E-state index in [4.69, 9.17) is 0 Å². The third kappa shape index (κ3) is 3.54. The van der Waals surface area contributed by atoms with Crippen LogP contribution in [0.5, 0.6) is 0 Å². The maximum atomic E-state index is 13.1. The van der Waals surface area contributed by atoms with E-state index in [1.54, 1.807) is 25.3 Å². The third-order valence-corrected chi connectivity index (χ3v) is 3.97. The molecule has 0 atom stereocenters. The summed E-state index contributed by atoms with van der Waals surface area (Å²) in [6, 6.07) is 10.8. The smallest absolute Gasteiger partial charge is 0.268 e. The van der Waals surface area contributed by atoms with E-state index >= 15 is 0 Å². The molecule has 0 bridgehead atoms. The summed E-state index contributed by atoms with van der Waals surface area (Å²) in [6.45, 7) is 5.43. The third-order valence-electron chi connectivity index (χ3n) is 3.97. The number of amides is 1. The van der Waals surface area contributed by atoms with E-state index in [9.17, 15) is 14.0 Å². The van der Waals surface area contributed by atoms with E-state index in [2.05, 4.69) is 10.3 Å². The lowest BCUT2D eigenvalue weighted by atomic mass is 10.1. The molecule has 3 rings (SSSR count). The van der Waals surface area contributed by atoms with Crippen LogP contribution in [0, 0.1) is 26.6 Å². The fraction of sp³-hybridized carbons (Fsp3) is 0.150. The van der Waals surface area contributed by atoms with Crippen LogP contribution in [0.4, 0.5) is 10.2 Å². The van der Waals surface area contributed by atoms with Crippen molar-refractivity contribution >= 4 is 11.7 Å². The molecular formula is C20H18FN3O2. The van der Waals surface area contributed by atoms with Gasteiger partial charge in [-0.1, -0.05) is 0 Å². The van der Waals surface area contributed by atoms with Crippen LogP contribution in [0.3, 0.4) is 0 Å². The van der Waals surface area contributed by atoms with Gasteiger partial charge in [-0.05, 0) is 74.4 Å². The van der Waals surface area contributed by atoms with Crippen molar-refractivity contribution in [1.82, 2.24) is 9.55 Å². The van der Waals surface area contributed by atoms with E-state index in [0.717, 1.165) is 11.3 Å². The molecule has 0 spiro atoms. The minimum absolute atomic E-state index is 0.0257. The Morgan fingerprint density at radius 1 is 1.08 bits per heavy atom. The molecule has 5 nitrogen and oxygen atoms in total. The van der Waals surface area contributed by atoms with Crippen molar-refractivity contribution in [2.75, 3.05) is 5.32 Å². The minimum Gasteiger partial charge on any atom is -0.306 e. The molecule has 0 fully saturated rings. The molecular weight excluding hydrogens is 333 g/mol. The summed E-state index contributed by atoms with van der Waals surface area (Å²) >= 11 is 0. The molecule has 1 N–H and O–H groups in total. The van der Waals surface area contributed by atoms with Crippen LogP contribution in [0.2, 0.25) is 0 Å². The molecule has 132 valence electrons. The first-order valence-electron chi connectivity index (χ1n) is 8.10. The van der Waals surface area contributed by atoms with E-state index in [0.29, 0.717) is 17.1 Å². The lowest BCUT2D eigenvalue weighted by molar-refractivity contribution is 0.102. The van der Waals surface area contributed by atoms with Crippen LogP contribution in [-0.4, -0.2) is 15.5 Å². The zero-order valence-corrected chi connectivity index (χ0v) is 14.7. The standard InChI is InChI=1S/C20H18FN3O2/c1-12-10-14(3)22-17(11-12)23-19(25)18-13(2)8-9-24(20(18)26)16-6-4-15(21)5-7-16/h4-11H,1-3H3,(H,22,23,25). The van der Waals surface area contributed by atoms with Gasteiger partial charge in [0.05, 0.1) is 0 Å². The highest BCUT2D eigenvalue weighted by Crippen LogP contribution is 2.13. The number of hydrogen-bond donors (Lipinski definition) is 1. The normalized spacial score (nSPS) is 10.6. The second-order valence-corrected chi connectivity index (χ2v) is 6.15. The van der Waals surface area contributed by atoms with E-state index in [-0.39, 0.29) is 5.56 Å². The van der Waals surface area contributed by atoms with Crippen molar-refractivity contribution in [2.45, 2.75) is 20.8 Å². The second-order valence-electron chi connectivity index (χ2n) is 6.15. The maximum Gasteiger partial charge on any atom is 0.268 e. The topological polar surface area (TPSA) is 64.0 Å². The van der Waals surface area contributed by atoms with Gasteiger partial charge in [-0.2, -0.15) is 0 Å². The monoisotopic (exact) mass is 351 g/mol. The average Bonchev–Trinajstić information content (AvgIpc) is 2.55. The van der Waals surface area contributed by atoms with Gasteiger partial charge in [0.15, 0.2) is 0 Å². The highest BCUT2D eigenvalue weighted by atomic mass is 19.1. The van der Waals surface area contributed by atoms with Crippen molar-refractivity contribution in [3.05, 3.63) is 87.2 Å². The number of aromatic nitrogens is 2. The fourth-order valence-corrected chi connectivity index (χ4v) is 2.79. The predicted molar refractivity (Wildman–Crippen MR) is 98.4 cm³/mol. The van der Waals surface area contributed by atoms with Crippen molar-refractivity contribution in [3.8, 4) is 5.69 Å². The number of nitrogens with zero attached hydrogens (tertiary/aromatic N) is 2. The molecule has 0 saturated carbocycles. The van der Waals surface area contributed by atoms with Crippen LogP contribution < -0.4 is 10.9 Å². The first kappa shape index (κ1) is 17.5. The summed E-state index contributed by atoms with van der Waals surface area (Å²) in [5.41, 5.74) is 2.32. The van der Waals surface area contributed by atoms with Gasteiger partial charge in [0.1, 0.15) is 17.2 Å². The van der Waals surface area contributed by atoms with Crippen LogP contribution in [0.25, 0.3) is 5.69 Å². The number of hydrogen-bond acceptors (Lipinski definition) is 3. The summed E-state index contributed by atoms with van der Waals surface area (Å²) in [6.07, 6.45) is 1.57. The highest BCUT2D eigenvalue weighted by Gasteiger charge is 2.17. The van der Waals surface area contributed by atoms with E-state index < -0.39 is 17.3 Å².